The van der Waals surface area contributed by atoms with E-state index in [0.29, 0.717) is 0 Å². The predicted octanol–water partition coefficient (Wildman–Crippen LogP) is 7.87. The summed E-state index contributed by atoms with van der Waals surface area (Å²) >= 11 is 0. The Morgan fingerprint density at radius 2 is 1.19 bits per heavy atom. The van der Waals surface area contributed by atoms with Crippen molar-refractivity contribution in [3.63, 3.8) is 0 Å². The van der Waals surface area contributed by atoms with Gasteiger partial charge in [0.05, 0.1) is 0 Å². The van der Waals surface area contributed by atoms with Crippen molar-refractivity contribution < 1.29 is 61.2 Å². The van der Waals surface area contributed by atoms with Gasteiger partial charge in [0.25, 0.3) is 0 Å². The van der Waals surface area contributed by atoms with Crippen LogP contribution in [0.2, 0.25) is 19.6 Å². The molecule has 208 valence electrons. The summed E-state index contributed by atoms with van der Waals surface area (Å²) in [5, 5.41) is -0.642. The van der Waals surface area contributed by atoms with Crippen molar-refractivity contribution in [3.8, 4) is 0 Å². The first kappa shape index (κ1) is 32.5. The summed E-state index contributed by atoms with van der Waals surface area (Å²) in [6.45, 7) is 5.63. The molecule has 1 aromatic rings. The Morgan fingerprint density at radius 3 is 1.61 bits per heavy atom. The lowest BCUT2D eigenvalue weighted by molar-refractivity contribution is -0.394. The van der Waals surface area contributed by atoms with Crippen LogP contribution in [-0.4, -0.2) is 53.9 Å². The monoisotopic (exact) mass is 582 g/mol. The number of rotatable bonds is 11. The Kier molecular flexibility index (Phi) is 9.30. The maximum atomic E-state index is 15.1. The van der Waals surface area contributed by atoms with Gasteiger partial charge in [0.2, 0.25) is 0 Å². The van der Waals surface area contributed by atoms with E-state index in [0.717, 1.165) is 31.2 Å². The van der Waals surface area contributed by atoms with Crippen molar-refractivity contribution in [2.75, 3.05) is 0 Å². The van der Waals surface area contributed by atoms with E-state index >= 15 is 8.78 Å². The van der Waals surface area contributed by atoms with Gasteiger partial charge in [0, 0.05) is 18.4 Å². The van der Waals surface area contributed by atoms with E-state index in [1.165, 1.54) is 6.07 Å². The highest BCUT2D eigenvalue weighted by Gasteiger charge is 2.86. The second-order valence-corrected chi connectivity index (χ2v) is 15.8. The zero-order valence-electron chi connectivity index (χ0n) is 19.3. The molecule has 0 aliphatic rings. The number of alkyl halides is 13. The zero-order chi connectivity index (χ0) is 28.6. The second kappa shape index (κ2) is 10.3. The summed E-state index contributed by atoms with van der Waals surface area (Å²) in [5.41, 5.74) is -2.60. The molecule has 0 N–H and O–H groups in total. The Morgan fingerprint density at radius 1 is 0.722 bits per heavy atom. The van der Waals surface area contributed by atoms with Crippen molar-refractivity contribution in [1.82, 2.24) is 0 Å². The van der Waals surface area contributed by atoms with Crippen LogP contribution in [0.1, 0.15) is 25.3 Å². The average Bonchev–Trinajstić information content (AvgIpc) is 2.70. The second-order valence-electron chi connectivity index (χ2n) is 9.04. The number of hydrogen-bond acceptors (Lipinski definition) is 1. The van der Waals surface area contributed by atoms with Crippen molar-refractivity contribution in [2.24, 2.45) is 0 Å². The van der Waals surface area contributed by atoms with Gasteiger partial charge in [0.15, 0.2) is 18.1 Å². The fourth-order valence-electron chi connectivity index (χ4n) is 2.93. The summed E-state index contributed by atoms with van der Waals surface area (Å²) in [4.78, 5) is 0. The summed E-state index contributed by atoms with van der Waals surface area (Å²) in [5.74, 6) is -34.5. The molecule has 0 heterocycles. The minimum Gasteiger partial charge on any atom is -0.457 e. The maximum Gasteiger partial charge on any atom is 0.389 e. The van der Waals surface area contributed by atoms with Crippen LogP contribution in [0.5, 0.6) is 0 Å². The maximum absolute atomic E-state index is 15.1. The minimum atomic E-state index is -7.47. The van der Waals surface area contributed by atoms with Crippen LogP contribution in [0.25, 0.3) is 5.57 Å². The molecule has 1 aromatic carbocycles. The fraction of sp³-hybridized carbons (Fsp3) is 0.600. The fourth-order valence-corrected chi connectivity index (χ4v) is 6.10. The topological polar surface area (TPSA) is 9.23 Å². The number of benzene rings is 1. The largest absolute Gasteiger partial charge is 0.457 e. The molecule has 0 aliphatic carbocycles. The zero-order valence-corrected chi connectivity index (χ0v) is 21.7. The molecule has 0 unspecified atom stereocenters. The molecule has 1 rings (SSSR count). The molecule has 0 aromatic heterocycles. The lowest BCUT2D eigenvalue weighted by atomic mass is 9.87. The van der Waals surface area contributed by atoms with Crippen LogP contribution < -0.4 is 0 Å². The number of halogens is 13. The number of allylic oxidation sites excluding steroid dienone is 2. The third kappa shape index (κ3) is 6.65. The van der Waals surface area contributed by atoms with Crippen molar-refractivity contribution in [1.29, 1.82) is 0 Å². The molecule has 0 bridgehead atoms. The van der Waals surface area contributed by atoms with Crippen molar-refractivity contribution in [2.45, 2.75) is 75.2 Å². The van der Waals surface area contributed by atoms with Gasteiger partial charge in [-0.15, -0.1) is 0 Å². The lowest BCUT2D eigenvalue weighted by Gasteiger charge is -2.40. The SMILES string of the molecule is CC([SiH2]O[Si](C)(C)C)=C(c1ccccc1)C(F)(F)C(F)(F)C(F)(F)C(F)(F)C(F)(F)CCC(F)(F)F. The van der Waals surface area contributed by atoms with Gasteiger partial charge in [-0.25, -0.2) is 0 Å². The van der Waals surface area contributed by atoms with Gasteiger partial charge < -0.3 is 4.12 Å². The van der Waals surface area contributed by atoms with Gasteiger partial charge in [-0.2, -0.15) is 57.1 Å². The van der Waals surface area contributed by atoms with Gasteiger partial charge in [0.1, 0.15) is 0 Å². The first-order chi connectivity index (χ1) is 15.8. The Hall–Kier alpha value is -1.56. The summed E-state index contributed by atoms with van der Waals surface area (Å²) in [6.07, 6.45) is -11.3. The van der Waals surface area contributed by atoms with E-state index in [9.17, 15) is 48.3 Å². The van der Waals surface area contributed by atoms with Crippen LogP contribution >= 0.6 is 0 Å². The highest BCUT2D eigenvalue weighted by molar-refractivity contribution is 6.74. The van der Waals surface area contributed by atoms with Crippen LogP contribution in [0, 0.1) is 0 Å². The third-order valence-electron chi connectivity index (χ3n) is 4.89. The molecule has 0 aliphatic heterocycles. The molecule has 36 heavy (non-hydrogen) atoms. The van der Waals surface area contributed by atoms with Gasteiger partial charge >= 0.3 is 35.8 Å². The van der Waals surface area contributed by atoms with Crippen LogP contribution in [0.3, 0.4) is 0 Å². The Labute approximate surface area is 201 Å². The van der Waals surface area contributed by atoms with Crippen molar-refractivity contribution >= 4 is 23.7 Å². The normalized spacial score (nSPS) is 16.0. The van der Waals surface area contributed by atoms with E-state index in [1.54, 1.807) is 19.6 Å². The molecule has 0 spiro atoms. The molecule has 0 fully saturated rings. The highest BCUT2D eigenvalue weighted by Crippen LogP contribution is 2.60. The van der Waals surface area contributed by atoms with Crippen LogP contribution in [-0.2, 0) is 4.12 Å². The lowest BCUT2D eigenvalue weighted by Crippen LogP contribution is -2.67. The summed E-state index contributed by atoms with van der Waals surface area (Å²) < 4.78 is 186. The smallest absolute Gasteiger partial charge is 0.389 e. The van der Waals surface area contributed by atoms with E-state index in [2.05, 4.69) is 0 Å². The minimum absolute atomic E-state index is 0.642. The first-order valence-corrected chi connectivity index (χ1v) is 14.9. The molecule has 0 amide bonds. The molecule has 0 radical (unpaired) electrons. The molecule has 1 nitrogen and oxygen atoms in total. The Bertz CT molecular complexity index is 920. The molecule has 0 saturated heterocycles. The average molecular weight is 583 g/mol. The van der Waals surface area contributed by atoms with Crippen LogP contribution in [0.15, 0.2) is 35.5 Å². The number of hydrogen-bond donors (Lipinski definition) is 0. The third-order valence-corrected chi connectivity index (χ3v) is 9.72. The van der Waals surface area contributed by atoms with E-state index in [-0.39, 0.29) is 0 Å². The Balaban J connectivity index is 3.69. The van der Waals surface area contributed by atoms with Gasteiger partial charge in [-0.05, 0) is 32.1 Å². The molecule has 0 saturated carbocycles. The highest BCUT2D eigenvalue weighted by atomic mass is 28.4. The van der Waals surface area contributed by atoms with E-state index < -0.39 is 83.0 Å². The molecular formula is C20H23F13OSi2. The standard InChI is InChI=1S/C20H23F13OSi2/c1-12(35-34-36(2,3)4)14(13-8-6-5-7-9-13)17(26,27)19(30,31)20(32,33)18(28,29)15(21,22)10-11-16(23,24)25/h5-9H,10-11,35H2,1-4H3. The van der Waals surface area contributed by atoms with E-state index in [4.69, 9.17) is 4.12 Å². The van der Waals surface area contributed by atoms with Gasteiger partial charge in [-0.3, -0.25) is 0 Å². The van der Waals surface area contributed by atoms with E-state index in [1.807, 2.05) is 0 Å². The van der Waals surface area contributed by atoms with Crippen molar-refractivity contribution in [3.05, 3.63) is 41.1 Å². The molecular weight excluding hydrogens is 559 g/mol. The summed E-state index contributed by atoms with van der Waals surface area (Å²) in [7, 11) is -4.76. The molecule has 16 heteroatoms. The quantitative estimate of drug-likeness (QED) is 0.191. The summed E-state index contributed by atoms with van der Waals surface area (Å²) in [6, 6.07) is 4.93. The predicted molar refractivity (Wildman–Crippen MR) is 112 cm³/mol. The van der Waals surface area contributed by atoms with Crippen LogP contribution in [0.4, 0.5) is 57.1 Å². The first-order valence-electron chi connectivity index (χ1n) is 10.2. The van der Waals surface area contributed by atoms with Gasteiger partial charge in [-0.1, -0.05) is 35.5 Å². The molecule has 0 atom stereocenters.